The molecule has 0 aliphatic rings. The molecule has 3 aromatic rings. The first kappa shape index (κ1) is 31.6. The van der Waals surface area contributed by atoms with Crippen molar-refractivity contribution in [1.29, 1.82) is 0 Å². The normalized spacial score (nSPS) is 13.5. The standard InChI is InChI=1S/C25H18F11NO4/c26-22(27,24(31,32)33)16-5-2-9-20(11-16)41-37(13-21(38)23(28,29)30)17-6-3-7-18(12-17)39-14-15-4-1-8-19(10-15)40-25(34,35)36/h1-12,21,38H,13-14H2/t21-/m0/s1. The molecular weight excluding hydrogens is 587 g/mol. The highest BCUT2D eigenvalue weighted by Crippen LogP contribution is 2.44. The summed E-state index contributed by atoms with van der Waals surface area (Å²) in [5, 5.41) is 9.97. The Labute approximate surface area is 224 Å². The van der Waals surface area contributed by atoms with Gasteiger partial charge in [-0.1, -0.05) is 30.3 Å². The van der Waals surface area contributed by atoms with Crippen molar-refractivity contribution >= 4 is 5.69 Å². The van der Waals surface area contributed by atoms with E-state index in [2.05, 4.69) is 4.74 Å². The second-order valence-corrected chi connectivity index (χ2v) is 8.29. The number of hydrogen-bond donors (Lipinski definition) is 1. The van der Waals surface area contributed by atoms with E-state index in [1.807, 2.05) is 0 Å². The molecule has 0 spiro atoms. The van der Waals surface area contributed by atoms with Crippen LogP contribution in [0.5, 0.6) is 17.2 Å². The van der Waals surface area contributed by atoms with Crippen molar-refractivity contribution in [2.75, 3.05) is 11.6 Å². The molecule has 0 saturated heterocycles. The first-order valence-corrected chi connectivity index (χ1v) is 11.2. The van der Waals surface area contributed by atoms with Gasteiger partial charge in [-0.05, 0) is 42.0 Å². The van der Waals surface area contributed by atoms with Crippen molar-refractivity contribution in [2.45, 2.75) is 37.3 Å². The number of aliphatic hydroxyl groups excluding tert-OH is 1. The van der Waals surface area contributed by atoms with E-state index >= 15 is 0 Å². The number of anilines is 1. The molecule has 3 aromatic carbocycles. The SMILES string of the molecule is O[C@@H](CN(Oc1cccc(C(F)(F)C(F)(F)F)c1)c1cccc(OCc2cccc(OC(F)(F)F)c2)c1)C(F)(F)F. The van der Waals surface area contributed by atoms with Crippen LogP contribution in [-0.2, 0) is 12.5 Å². The summed E-state index contributed by atoms with van der Waals surface area (Å²) in [6, 6.07) is 11.9. The van der Waals surface area contributed by atoms with E-state index in [1.165, 1.54) is 24.3 Å². The molecule has 0 radical (unpaired) electrons. The predicted octanol–water partition coefficient (Wildman–Crippen LogP) is 7.54. The number of nitrogens with zero attached hydrogens (tertiary/aromatic N) is 1. The number of alkyl halides is 11. The van der Waals surface area contributed by atoms with E-state index in [0.717, 1.165) is 36.4 Å². The van der Waals surface area contributed by atoms with E-state index in [4.69, 9.17) is 9.57 Å². The Morgan fingerprint density at radius 1 is 0.707 bits per heavy atom. The Bertz CT molecular complexity index is 1310. The second kappa shape index (κ2) is 11.9. The minimum absolute atomic E-state index is 0.0582. The summed E-state index contributed by atoms with van der Waals surface area (Å²) in [7, 11) is 0. The number of aliphatic hydroxyl groups is 1. The fraction of sp³-hybridized carbons (Fsp3) is 0.280. The Morgan fingerprint density at radius 2 is 1.32 bits per heavy atom. The number of halogens is 11. The molecule has 224 valence electrons. The third-order valence-corrected chi connectivity index (χ3v) is 5.13. The molecule has 1 N–H and O–H groups in total. The minimum Gasteiger partial charge on any atom is -0.489 e. The van der Waals surface area contributed by atoms with Crippen LogP contribution in [0.2, 0.25) is 0 Å². The average molecular weight is 605 g/mol. The fourth-order valence-electron chi connectivity index (χ4n) is 3.22. The monoisotopic (exact) mass is 605 g/mol. The summed E-state index contributed by atoms with van der Waals surface area (Å²) in [6.07, 6.45) is -19.1. The predicted molar refractivity (Wildman–Crippen MR) is 120 cm³/mol. The smallest absolute Gasteiger partial charge is 0.489 e. The maximum absolute atomic E-state index is 13.8. The lowest BCUT2D eigenvalue weighted by Gasteiger charge is -2.28. The van der Waals surface area contributed by atoms with E-state index in [0.29, 0.717) is 11.1 Å². The van der Waals surface area contributed by atoms with Crippen LogP contribution in [0.3, 0.4) is 0 Å². The molecule has 1 atom stereocenters. The van der Waals surface area contributed by atoms with Crippen molar-refractivity contribution in [3.63, 3.8) is 0 Å². The number of ether oxygens (including phenoxy) is 2. The lowest BCUT2D eigenvalue weighted by atomic mass is 10.1. The maximum atomic E-state index is 13.8. The molecule has 41 heavy (non-hydrogen) atoms. The number of hydrogen-bond acceptors (Lipinski definition) is 5. The molecule has 0 aliphatic heterocycles. The summed E-state index contributed by atoms with van der Waals surface area (Å²) in [6.45, 7) is -1.68. The number of benzene rings is 3. The van der Waals surface area contributed by atoms with Crippen molar-refractivity contribution in [2.24, 2.45) is 0 Å². The van der Waals surface area contributed by atoms with Gasteiger partial charge in [-0.15, -0.1) is 13.2 Å². The molecule has 0 aliphatic carbocycles. The minimum atomic E-state index is -5.97. The average Bonchev–Trinajstić information content (AvgIpc) is 2.85. The van der Waals surface area contributed by atoms with Crippen LogP contribution >= 0.6 is 0 Å². The van der Waals surface area contributed by atoms with Crippen LogP contribution in [0.1, 0.15) is 11.1 Å². The van der Waals surface area contributed by atoms with Gasteiger partial charge in [0.15, 0.2) is 11.9 Å². The highest BCUT2D eigenvalue weighted by Gasteiger charge is 2.58. The summed E-state index contributed by atoms with van der Waals surface area (Å²) in [5.74, 6) is -6.61. The molecular formula is C25H18F11NO4. The van der Waals surface area contributed by atoms with Crippen molar-refractivity contribution in [3.05, 3.63) is 83.9 Å². The molecule has 0 saturated carbocycles. The number of hydroxylamine groups is 1. The molecule has 3 rings (SSSR count). The summed E-state index contributed by atoms with van der Waals surface area (Å²) in [4.78, 5) is 5.19. The quantitative estimate of drug-likeness (QED) is 0.191. The topological polar surface area (TPSA) is 51.2 Å². The third kappa shape index (κ3) is 8.77. The van der Waals surface area contributed by atoms with E-state index in [1.54, 1.807) is 0 Å². The third-order valence-electron chi connectivity index (χ3n) is 5.13. The van der Waals surface area contributed by atoms with Gasteiger partial charge in [0.1, 0.15) is 18.1 Å². The van der Waals surface area contributed by atoms with Crippen molar-refractivity contribution < 1.29 is 67.7 Å². The molecule has 5 nitrogen and oxygen atoms in total. The van der Waals surface area contributed by atoms with Crippen molar-refractivity contribution in [1.82, 2.24) is 0 Å². The van der Waals surface area contributed by atoms with Gasteiger partial charge >= 0.3 is 24.6 Å². The maximum Gasteiger partial charge on any atom is 0.573 e. The first-order chi connectivity index (χ1) is 18.8. The zero-order chi connectivity index (χ0) is 30.6. The van der Waals surface area contributed by atoms with E-state index < -0.39 is 54.3 Å². The highest BCUT2D eigenvalue weighted by atomic mass is 19.4. The molecule has 0 aromatic heterocycles. The van der Waals surface area contributed by atoms with Gasteiger partial charge in [0.25, 0.3) is 0 Å². The summed E-state index contributed by atoms with van der Waals surface area (Å²) in [5.41, 5.74) is -1.60. The number of rotatable bonds is 10. The molecule has 16 heteroatoms. The van der Waals surface area contributed by atoms with Gasteiger partial charge < -0.3 is 19.4 Å². The van der Waals surface area contributed by atoms with Crippen LogP contribution in [-0.4, -0.2) is 36.5 Å². The Balaban J connectivity index is 1.86. The fourth-order valence-corrected chi connectivity index (χ4v) is 3.22. The Morgan fingerprint density at radius 3 is 1.95 bits per heavy atom. The highest BCUT2D eigenvalue weighted by molar-refractivity contribution is 5.50. The largest absolute Gasteiger partial charge is 0.573 e. The van der Waals surface area contributed by atoms with Gasteiger partial charge in [0.05, 0.1) is 12.2 Å². The van der Waals surface area contributed by atoms with Crippen LogP contribution in [0.15, 0.2) is 72.8 Å². The van der Waals surface area contributed by atoms with Gasteiger partial charge in [-0.25, -0.2) is 5.06 Å². The van der Waals surface area contributed by atoms with Gasteiger partial charge in [0.2, 0.25) is 0 Å². The second-order valence-electron chi connectivity index (χ2n) is 8.29. The lowest BCUT2D eigenvalue weighted by Crippen LogP contribution is -2.42. The van der Waals surface area contributed by atoms with Gasteiger partial charge in [-0.3, -0.25) is 0 Å². The molecule has 0 fully saturated rings. The summed E-state index contributed by atoms with van der Waals surface area (Å²) < 4.78 is 152. The van der Waals surface area contributed by atoms with Crippen molar-refractivity contribution in [3.8, 4) is 17.2 Å². The zero-order valence-corrected chi connectivity index (χ0v) is 20.2. The Hall–Kier alpha value is -3.95. The van der Waals surface area contributed by atoms with Crippen LogP contribution in [0.25, 0.3) is 0 Å². The summed E-state index contributed by atoms with van der Waals surface area (Å²) >= 11 is 0. The lowest BCUT2D eigenvalue weighted by molar-refractivity contribution is -0.289. The van der Waals surface area contributed by atoms with Gasteiger partial charge in [-0.2, -0.15) is 35.1 Å². The zero-order valence-electron chi connectivity index (χ0n) is 20.2. The van der Waals surface area contributed by atoms with Crippen LogP contribution in [0.4, 0.5) is 54.0 Å². The Kier molecular flexibility index (Phi) is 9.15. The van der Waals surface area contributed by atoms with Crippen LogP contribution < -0.4 is 19.4 Å². The first-order valence-electron chi connectivity index (χ1n) is 11.2. The van der Waals surface area contributed by atoms with Crippen LogP contribution in [0, 0.1) is 0 Å². The molecule has 0 heterocycles. The van der Waals surface area contributed by atoms with Gasteiger partial charge in [0, 0.05) is 11.6 Å². The van der Waals surface area contributed by atoms with E-state index in [9.17, 15) is 53.4 Å². The molecule has 0 amide bonds. The van der Waals surface area contributed by atoms with E-state index in [-0.39, 0.29) is 29.7 Å². The molecule has 0 unspecified atom stereocenters. The molecule has 0 bridgehead atoms.